The Bertz CT molecular complexity index is 1050. The van der Waals surface area contributed by atoms with Gasteiger partial charge in [-0.1, -0.05) is 37.2 Å². The van der Waals surface area contributed by atoms with Crippen LogP contribution < -0.4 is 10.6 Å². The zero-order valence-corrected chi connectivity index (χ0v) is 18.9. The normalized spacial score (nSPS) is 17.4. The van der Waals surface area contributed by atoms with Crippen molar-refractivity contribution in [2.45, 2.75) is 50.3 Å². The van der Waals surface area contributed by atoms with Gasteiger partial charge < -0.3 is 15.5 Å². The first-order chi connectivity index (χ1) is 15.0. The first-order valence-electron chi connectivity index (χ1n) is 10.6. The average molecular weight is 437 g/mol. The number of nitrogens with zero attached hydrogens (tertiary/aromatic N) is 3. The van der Waals surface area contributed by atoms with Crippen LogP contribution in [-0.4, -0.2) is 34.0 Å². The maximum Gasteiger partial charge on any atom is 0.221 e. The van der Waals surface area contributed by atoms with Gasteiger partial charge in [-0.2, -0.15) is 5.10 Å². The number of amides is 1. The molecular weight excluding hydrogens is 408 g/mol. The largest absolute Gasteiger partial charge is 0.326 e. The number of hydrogen-bond donors (Lipinski definition) is 3. The quantitative estimate of drug-likeness (QED) is 0.550. The Morgan fingerprint density at radius 2 is 2.19 bits per heavy atom. The number of aromatic nitrogens is 2. The van der Waals surface area contributed by atoms with Crippen LogP contribution in [0.3, 0.4) is 0 Å². The van der Waals surface area contributed by atoms with Gasteiger partial charge in [-0.3, -0.25) is 9.89 Å². The molecular formula is C23H28N6OS. The van der Waals surface area contributed by atoms with E-state index in [2.05, 4.69) is 50.9 Å². The Kier molecular flexibility index (Phi) is 6.46. The van der Waals surface area contributed by atoms with Crippen molar-refractivity contribution in [2.75, 3.05) is 17.7 Å². The number of H-pyrrole nitrogens is 1. The minimum absolute atomic E-state index is 0.0838. The maximum atomic E-state index is 11.4. The molecule has 0 spiro atoms. The van der Waals surface area contributed by atoms with Crippen LogP contribution in [0.1, 0.15) is 51.1 Å². The Balaban J connectivity index is 1.56. The molecule has 0 saturated heterocycles. The van der Waals surface area contributed by atoms with Crippen molar-refractivity contribution in [1.29, 1.82) is 0 Å². The van der Waals surface area contributed by atoms with Gasteiger partial charge in [0.25, 0.3) is 0 Å². The van der Waals surface area contributed by atoms with Crippen LogP contribution in [0.5, 0.6) is 0 Å². The smallest absolute Gasteiger partial charge is 0.221 e. The van der Waals surface area contributed by atoms with Crippen LogP contribution in [0.2, 0.25) is 0 Å². The number of thioether (sulfide) groups is 1. The molecule has 162 valence electrons. The molecule has 2 aromatic rings. The average Bonchev–Trinajstić information content (AvgIpc) is 3.48. The highest BCUT2D eigenvalue weighted by molar-refractivity contribution is 8.03. The van der Waals surface area contributed by atoms with Gasteiger partial charge in [-0.25, -0.2) is 4.99 Å². The van der Waals surface area contributed by atoms with Crippen molar-refractivity contribution in [2.24, 2.45) is 4.99 Å². The fourth-order valence-corrected chi connectivity index (χ4v) is 4.18. The Morgan fingerprint density at radius 3 is 2.94 bits per heavy atom. The highest BCUT2D eigenvalue weighted by Gasteiger charge is 2.26. The number of rotatable bonds is 7. The van der Waals surface area contributed by atoms with E-state index >= 15 is 0 Å². The van der Waals surface area contributed by atoms with E-state index in [1.807, 2.05) is 31.3 Å². The number of aromatic amines is 1. The van der Waals surface area contributed by atoms with E-state index in [1.54, 1.807) is 11.8 Å². The lowest BCUT2D eigenvalue weighted by Gasteiger charge is -2.27. The number of aliphatic imine (C=N–C) groups is 1. The van der Waals surface area contributed by atoms with Gasteiger partial charge in [0.15, 0.2) is 5.82 Å². The molecule has 1 aliphatic carbocycles. The highest BCUT2D eigenvalue weighted by atomic mass is 32.2. The molecule has 3 N–H and O–H groups in total. The zero-order chi connectivity index (χ0) is 21.8. The number of benzene rings is 1. The van der Waals surface area contributed by atoms with E-state index in [0.717, 1.165) is 45.9 Å². The lowest BCUT2D eigenvalue weighted by molar-refractivity contribution is -0.114. The fraction of sp³-hybridized carbons (Fsp3) is 0.348. The van der Waals surface area contributed by atoms with Crippen LogP contribution in [0.15, 0.2) is 63.1 Å². The van der Waals surface area contributed by atoms with Crippen molar-refractivity contribution in [3.63, 3.8) is 0 Å². The topological polar surface area (TPSA) is 85.4 Å². The summed E-state index contributed by atoms with van der Waals surface area (Å²) in [6.07, 6.45) is 8.85. The summed E-state index contributed by atoms with van der Waals surface area (Å²) in [5, 5.41) is 14.6. The summed E-state index contributed by atoms with van der Waals surface area (Å²) in [4.78, 5) is 19.3. The second-order valence-corrected chi connectivity index (χ2v) is 8.91. The molecule has 1 aliphatic heterocycles. The van der Waals surface area contributed by atoms with Crippen molar-refractivity contribution >= 4 is 35.1 Å². The minimum Gasteiger partial charge on any atom is -0.326 e. The van der Waals surface area contributed by atoms with E-state index in [1.165, 1.54) is 25.5 Å². The molecule has 0 radical (unpaired) electrons. The molecule has 8 heteroatoms. The summed E-state index contributed by atoms with van der Waals surface area (Å²) in [7, 11) is 2.01. The van der Waals surface area contributed by atoms with Crippen molar-refractivity contribution in [3.05, 3.63) is 58.9 Å². The number of nitrogens with one attached hydrogen (secondary N) is 3. The number of carbonyl (C=O) groups is 1. The molecule has 1 aromatic carbocycles. The minimum atomic E-state index is -0.0838. The van der Waals surface area contributed by atoms with Crippen molar-refractivity contribution in [1.82, 2.24) is 15.1 Å². The van der Waals surface area contributed by atoms with Crippen LogP contribution in [0.4, 0.5) is 11.5 Å². The summed E-state index contributed by atoms with van der Waals surface area (Å²) in [5.41, 5.74) is 3.06. The summed E-state index contributed by atoms with van der Waals surface area (Å²) < 4.78 is 0. The summed E-state index contributed by atoms with van der Waals surface area (Å²) in [6.45, 7) is 3.68. The van der Waals surface area contributed by atoms with Crippen LogP contribution in [-0.2, 0) is 4.79 Å². The number of guanidine groups is 1. The lowest BCUT2D eigenvalue weighted by Crippen LogP contribution is -2.34. The predicted octanol–water partition coefficient (Wildman–Crippen LogP) is 5.28. The van der Waals surface area contributed by atoms with Gasteiger partial charge in [0.1, 0.15) is 5.03 Å². The van der Waals surface area contributed by atoms with Crippen molar-refractivity contribution < 1.29 is 4.79 Å². The highest BCUT2D eigenvalue weighted by Crippen LogP contribution is 2.39. The third kappa shape index (κ3) is 5.58. The summed E-state index contributed by atoms with van der Waals surface area (Å²) >= 11 is 1.57. The Labute approximate surface area is 187 Å². The number of carbonyl (C=O) groups excluding carboxylic acids is 1. The van der Waals surface area contributed by atoms with Crippen LogP contribution >= 0.6 is 11.8 Å². The lowest BCUT2D eigenvalue weighted by atomic mass is 10.2. The fourth-order valence-electron chi connectivity index (χ4n) is 3.29. The van der Waals surface area contributed by atoms with Crippen LogP contribution in [0, 0.1) is 0 Å². The number of hydrogen-bond acceptors (Lipinski definition) is 6. The second-order valence-electron chi connectivity index (χ2n) is 7.81. The SMILES string of the molecule is CCC/C=C1\C=C(Sc2cccc(NC(C)=O)c2)N=C(Nc2cc(C3CC3)[nH]n2)N1C. The zero-order valence-electron chi connectivity index (χ0n) is 18.1. The third-order valence-corrected chi connectivity index (χ3v) is 5.97. The summed E-state index contributed by atoms with van der Waals surface area (Å²) in [6, 6.07) is 9.86. The molecule has 2 heterocycles. The third-order valence-electron chi connectivity index (χ3n) is 5.07. The standard InChI is InChI=1S/C23H28N6OS/c1-4-5-8-18-13-22(31-19-9-6-7-17(12-19)24-15(2)30)26-23(29(18)3)25-21-14-20(27-28-21)16-10-11-16/h6-9,12-14,16H,4-5,10-11H2,1-3H3,(H,24,30)(H2,25,26,27,28)/b18-8+. The van der Waals surface area contributed by atoms with Gasteiger partial charge in [0.05, 0.1) is 0 Å². The molecule has 0 bridgehead atoms. The molecule has 1 aromatic heterocycles. The monoisotopic (exact) mass is 436 g/mol. The molecule has 7 nitrogen and oxygen atoms in total. The van der Waals surface area contributed by atoms with Gasteiger partial charge in [0.2, 0.25) is 11.9 Å². The van der Waals surface area contributed by atoms with Gasteiger partial charge in [-0.15, -0.1) is 0 Å². The Hall–Kier alpha value is -3.00. The molecule has 4 rings (SSSR count). The van der Waals surface area contributed by atoms with Gasteiger partial charge >= 0.3 is 0 Å². The van der Waals surface area contributed by atoms with E-state index in [4.69, 9.17) is 4.99 Å². The molecule has 31 heavy (non-hydrogen) atoms. The summed E-state index contributed by atoms with van der Waals surface area (Å²) in [5.74, 6) is 2.05. The maximum absolute atomic E-state index is 11.4. The second kappa shape index (κ2) is 9.43. The first kappa shape index (κ1) is 21.2. The number of likely N-dealkylation sites (N-methyl/N-ethyl adjacent to an activating group) is 1. The molecule has 1 amide bonds. The molecule has 0 atom stereocenters. The molecule has 2 aliphatic rings. The number of anilines is 2. The van der Waals surface area contributed by atoms with E-state index < -0.39 is 0 Å². The number of unbranched alkanes of at least 4 members (excludes halogenated alkanes) is 1. The predicted molar refractivity (Wildman–Crippen MR) is 127 cm³/mol. The number of allylic oxidation sites excluding steroid dienone is 2. The van der Waals surface area contributed by atoms with E-state index in [9.17, 15) is 4.79 Å². The van der Waals surface area contributed by atoms with Crippen LogP contribution in [0.25, 0.3) is 0 Å². The molecule has 1 fully saturated rings. The van der Waals surface area contributed by atoms with Crippen molar-refractivity contribution in [3.8, 4) is 0 Å². The van der Waals surface area contributed by atoms with E-state index in [0.29, 0.717) is 5.92 Å². The van der Waals surface area contributed by atoms with Gasteiger partial charge in [0, 0.05) is 47.9 Å². The Morgan fingerprint density at radius 1 is 1.35 bits per heavy atom. The molecule has 1 saturated carbocycles. The molecule has 0 unspecified atom stereocenters. The van der Waals surface area contributed by atoms with E-state index in [-0.39, 0.29) is 5.91 Å². The van der Waals surface area contributed by atoms with Gasteiger partial charge in [-0.05, 0) is 43.5 Å². The first-order valence-corrected chi connectivity index (χ1v) is 11.5.